The highest BCUT2D eigenvalue weighted by molar-refractivity contribution is 7.92. The van der Waals surface area contributed by atoms with E-state index in [0.717, 1.165) is 16.3 Å². The SMILES string of the molecule is CCC(C)NC(=O)C(C)N(Cc1ccccc1Cl)C(=O)CN(c1cccc(C)c1)S(=O)(=O)c1ccc(Cl)cc1. The van der Waals surface area contributed by atoms with Gasteiger partial charge in [0.25, 0.3) is 10.0 Å². The van der Waals surface area contributed by atoms with E-state index in [4.69, 9.17) is 23.2 Å². The number of benzene rings is 3. The maximum Gasteiger partial charge on any atom is 0.264 e. The van der Waals surface area contributed by atoms with Crippen LogP contribution in [0.1, 0.15) is 38.3 Å². The highest BCUT2D eigenvalue weighted by atomic mass is 35.5. The summed E-state index contributed by atoms with van der Waals surface area (Å²) in [5.41, 5.74) is 1.79. The molecule has 10 heteroatoms. The van der Waals surface area contributed by atoms with Crippen molar-refractivity contribution in [1.29, 1.82) is 0 Å². The summed E-state index contributed by atoms with van der Waals surface area (Å²) in [5, 5.41) is 3.74. The topological polar surface area (TPSA) is 86.8 Å². The lowest BCUT2D eigenvalue weighted by atomic mass is 10.1. The molecule has 0 bridgehead atoms. The highest BCUT2D eigenvalue weighted by Crippen LogP contribution is 2.27. The number of hydrogen-bond acceptors (Lipinski definition) is 4. The first-order chi connectivity index (χ1) is 18.4. The molecule has 0 fully saturated rings. The van der Waals surface area contributed by atoms with Crippen molar-refractivity contribution in [3.05, 3.63) is 94.0 Å². The molecular formula is C29H33Cl2N3O4S. The molecule has 7 nitrogen and oxygen atoms in total. The second-order valence-corrected chi connectivity index (χ2v) is 12.1. The Kier molecular flexibility index (Phi) is 10.4. The first-order valence-corrected chi connectivity index (χ1v) is 14.8. The Morgan fingerprint density at radius 3 is 2.23 bits per heavy atom. The van der Waals surface area contributed by atoms with Crippen molar-refractivity contribution < 1.29 is 18.0 Å². The molecule has 0 aliphatic carbocycles. The van der Waals surface area contributed by atoms with Gasteiger partial charge in [-0.25, -0.2) is 8.42 Å². The molecule has 39 heavy (non-hydrogen) atoms. The Hall–Kier alpha value is -3.07. The first kappa shape index (κ1) is 30.5. The van der Waals surface area contributed by atoms with Gasteiger partial charge < -0.3 is 10.2 Å². The summed E-state index contributed by atoms with van der Waals surface area (Å²) in [5.74, 6) is -0.895. The summed E-state index contributed by atoms with van der Waals surface area (Å²) < 4.78 is 28.7. The number of anilines is 1. The van der Waals surface area contributed by atoms with E-state index in [1.54, 1.807) is 49.4 Å². The summed E-state index contributed by atoms with van der Waals surface area (Å²) in [6, 6.07) is 18.7. The zero-order chi connectivity index (χ0) is 28.7. The Morgan fingerprint density at radius 2 is 1.62 bits per heavy atom. The average molecular weight is 591 g/mol. The van der Waals surface area contributed by atoms with Crippen LogP contribution in [0.15, 0.2) is 77.7 Å². The molecule has 0 heterocycles. The van der Waals surface area contributed by atoms with E-state index in [0.29, 0.717) is 21.3 Å². The molecular weight excluding hydrogens is 557 g/mol. The van der Waals surface area contributed by atoms with Gasteiger partial charge in [0.05, 0.1) is 10.6 Å². The predicted molar refractivity (Wildman–Crippen MR) is 157 cm³/mol. The largest absolute Gasteiger partial charge is 0.352 e. The summed E-state index contributed by atoms with van der Waals surface area (Å²) in [7, 11) is -4.17. The van der Waals surface area contributed by atoms with E-state index in [-0.39, 0.29) is 23.4 Å². The van der Waals surface area contributed by atoms with Gasteiger partial charge in [-0.1, -0.05) is 60.5 Å². The fourth-order valence-electron chi connectivity index (χ4n) is 3.90. The maximum absolute atomic E-state index is 13.9. The number of nitrogens with zero attached hydrogens (tertiary/aromatic N) is 2. The van der Waals surface area contributed by atoms with Gasteiger partial charge >= 0.3 is 0 Å². The fraction of sp³-hybridized carbons (Fsp3) is 0.310. The van der Waals surface area contributed by atoms with Crippen LogP contribution in [0.5, 0.6) is 0 Å². The van der Waals surface area contributed by atoms with Crippen molar-refractivity contribution in [3.63, 3.8) is 0 Å². The number of rotatable bonds is 11. The first-order valence-electron chi connectivity index (χ1n) is 12.6. The zero-order valence-corrected chi connectivity index (χ0v) is 24.7. The van der Waals surface area contributed by atoms with Crippen LogP contribution in [0.4, 0.5) is 5.69 Å². The summed E-state index contributed by atoms with van der Waals surface area (Å²) in [6.45, 7) is 6.78. The minimum atomic E-state index is -4.17. The molecule has 2 amide bonds. The molecule has 1 N–H and O–H groups in total. The lowest BCUT2D eigenvalue weighted by Gasteiger charge is -2.32. The van der Waals surface area contributed by atoms with Crippen molar-refractivity contribution in [2.75, 3.05) is 10.8 Å². The van der Waals surface area contributed by atoms with Crippen LogP contribution >= 0.6 is 23.2 Å². The van der Waals surface area contributed by atoms with E-state index in [1.807, 2.05) is 26.8 Å². The van der Waals surface area contributed by atoms with Gasteiger partial charge in [-0.15, -0.1) is 0 Å². The molecule has 0 saturated heterocycles. The second-order valence-electron chi connectivity index (χ2n) is 9.41. The number of hydrogen-bond donors (Lipinski definition) is 1. The number of carbonyl (C=O) groups is 2. The lowest BCUT2D eigenvalue weighted by Crippen LogP contribution is -2.52. The molecule has 3 aromatic rings. The van der Waals surface area contributed by atoms with Crippen molar-refractivity contribution in [2.45, 2.75) is 57.6 Å². The van der Waals surface area contributed by atoms with Gasteiger partial charge in [0.1, 0.15) is 12.6 Å². The van der Waals surface area contributed by atoms with E-state index < -0.39 is 28.5 Å². The van der Waals surface area contributed by atoms with Crippen LogP contribution in [0, 0.1) is 6.92 Å². The number of amides is 2. The molecule has 0 aliphatic rings. The van der Waals surface area contributed by atoms with Crippen molar-refractivity contribution in [3.8, 4) is 0 Å². The third-order valence-electron chi connectivity index (χ3n) is 6.44. The van der Waals surface area contributed by atoms with Gasteiger partial charge in [0, 0.05) is 22.6 Å². The normalized spacial score (nSPS) is 12.9. The third-order valence-corrected chi connectivity index (χ3v) is 8.85. The quantitative estimate of drug-likeness (QED) is 0.305. The molecule has 3 rings (SSSR count). The summed E-state index contributed by atoms with van der Waals surface area (Å²) in [6.07, 6.45) is 0.720. The molecule has 0 aromatic heterocycles. The van der Waals surface area contributed by atoms with Gasteiger partial charge in [-0.05, 0) is 80.8 Å². The Balaban J connectivity index is 2.04. The van der Waals surface area contributed by atoms with E-state index in [9.17, 15) is 18.0 Å². The van der Waals surface area contributed by atoms with E-state index in [2.05, 4.69) is 5.32 Å². The number of carbonyl (C=O) groups excluding carboxylic acids is 2. The zero-order valence-electron chi connectivity index (χ0n) is 22.4. The Morgan fingerprint density at radius 1 is 0.949 bits per heavy atom. The number of aryl methyl sites for hydroxylation is 1. The molecule has 0 spiro atoms. The molecule has 208 valence electrons. The number of sulfonamides is 1. The maximum atomic E-state index is 13.9. The van der Waals surface area contributed by atoms with Crippen LogP contribution in [0.25, 0.3) is 0 Å². The molecule has 0 saturated carbocycles. The monoisotopic (exact) mass is 589 g/mol. The number of nitrogens with one attached hydrogen (secondary N) is 1. The second kappa shape index (κ2) is 13.3. The van der Waals surface area contributed by atoms with Crippen LogP contribution < -0.4 is 9.62 Å². The van der Waals surface area contributed by atoms with E-state index in [1.165, 1.54) is 29.2 Å². The van der Waals surface area contributed by atoms with Gasteiger partial charge in [0.2, 0.25) is 11.8 Å². The smallest absolute Gasteiger partial charge is 0.264 e. The molecule has 3 aromatic carbocycles. The molecule has 0 aliphatic heterocycles. The van der Waals surface area contributed by atoms with Crippen molar-refractivity contribution >= 4 is 50.7 Å². The minimum Gasteiger partial charge on any atom is -0.352 e. The lowest BCUT2D eigenvalue weighted by molar-refractivity contribution is -0.139. The van der Waals surface area contributed by atoms with E-state index >= 15 is 0 Å². The van der Waals surface area contributed by atoms with Gasteiger partial charge in [-0.2, -0.15) is 0 Å². The highest BCUT2D eigenvalue weighted by Gasteiger charge is 2.33. The Bertz CT molecular complexity index is 1410. The van der Waals surface area contributed by atoms with Crippen molar-refractivity contribution in [2.24, 2.45) is 0 Å². The Labute approximate surface area is 240 Å². The van der Waals surface area contributed by atoms with Crippen LogP contribution in [0.2, 0.25) is 10.0 Å². The van der Waals surface area contributed by atoms with Crippen LogP contribution in [-0.4, -0.2) is 43.8 Å². The molecule has 2 unspecified atom stereocenters. The number of halogens is 2. The molecule has 2 atom stereocenters. The van der Waals surface area contributed by atoms with Crippen molar-refractivity contribution in [1.82, 2.24) is 10.2 Å². The van der Waals surface area contributed by atoms with Gasteiger partial charge in [0.15, 0.2) is 0 Å². The summed E-state index contributed by atoms with van der Waals surface area (Å²) >= 11 is 12.4. The minimum absolute atomic E-state index is 0.0126. The molecule has 0 radical (unpaired) electrons. The third kappa shape index (κ3) is 7.75. The van der Waals surface area contributed by atoms with Gasteiger partial charge in [-0.3, -0.25) is 13.9 Å². The van der Waals surface area contributed by atoms with Crippen LogP contribution in [-0.2, 0) is 26.2 Å². The standard InChI is InChI=1S/C29H33Cl2N3O4S/c1-5-21(3)32-29(36)22(4)33(18-23-10-6-7-12-27(23)31)28(35)19-34(25-11-8-9-20(2)17-25)39(37,38)26-15-13-24(30)14-16-26/h6-17,21-22H,5,18-19H2,1-4H3,(H,32,36). The van der Waals surface area contributed by atoms with Crippen LogP contribution in [0.3, 0.4) is 0 Å². The fourth-order valence-corrected chi connectivity index (χ4v) is 5.63. The summed E-state index contributed by atoms with van der Waals surface area (Å²) in [4.78, 5) is 28.4. The predicted octanol–water partition coefficient (Wildman–Crippen LogP) is 5.83. The average Bonchev–Trinajstić information content (AvgIpc) is 2.90.